The lowest BCUT2D eigenvalue weighted by atomic mass is 9.87. The average molecular weight is 485 g/mol. The number of pyridine rings is 1. The van der Waals surface area contributed by atoms with Crippen LogP contribution in [0.5, 0.6) is 0 Å². The number of piperidine rings is 1. The second-order valence-corrected chi connectivity index (χ2v) is 11.2. The first-order valence-corrected chi connectivity index (χ1v) is 14.1. The van der Waals surface area contributed by atoms with Gasteiger partial charge in [-0.25, -0.2) is 4.98 Å². The Labute approximate surface area is 214 Å². The number of benzene rings is 1. The first kappa shape index (κ1) is 23.7. The molecule has 5 heterocycles. The Kier molecular flexibility index (Phi) is 6.81. The Morgan fingerprint density at radius 1 is 0.917 bits per heavy atom. The van der Waals surface area contributed by atoms with E-state index in [0.29, 0.717) is 11.8 Å². The van der Waals surface area contributed by atoms with Crippen LogP contribution in [-0.4, -0.2) is 69.2 Å². The van der Waals surface area contributed by atoms with Gasteiger partial charge in [0.1, 0.15) is 0 Å². The van der Waals surface area contributed by atoms with Crippen molar-refractivity contribution in [2.75, 3.05) is 39.3 Å². The van der Waals surface area contributed by atoms with Gasteiger partial charge >= 0.3 is 0 Å². The lowest BCUT2D eigenvalue weighted by Crippen LogP contribution is -2.39. The van der Waals surface area contributed by atoms with Gasteiger partial charge in [0.25, 0.3) is 0 Å². The van der Waals surface area contributed by atoms with Crippen molar-refractivity contribution in [3.8, 4) is 11.3 Å². The maximum absolute atomic E-state index is 4.44. The van der Waals surface area contributed by atoms with Gasteiger partial charge in [-0.3, -0.25) is 5.10 Å². The largest absolute Gasteiger partial charge is 0.354 e. The molecule has 0 aliphatic carbocycles. The number of aromatic nitrogens is 4. The highest BCUT2D eigenvalue weighted by Crippen LogP contribution is 2.39. The molecule has 2 N–H and O–H groups in total. The number of hydrogen-bond acceptors (Lipinski definition) is 4. The molecule has 4 aromatic rings. The molecule has 36 heavy (non-hydrogen) atoms. The Balaban J connectivity index is 1.20. The van der Waals surface area contributed by atoms with Crippen molar-refractivity contribution in [2.24, 2.45) is 0 Å². The molecular formula is C30H40N6. The van der Waals surface area contributed by atoms with Crippen LogP contribution in [0.2, 0.25) is 0 Å². The van der Waals surface area contributed by atoms with Crippen molar-refractivity contribution >= 4 is 21.9 Å². The fraction of sp³-hybridized carbons (Fsp3) is 0.533. The van der Waals surface area contributed by atoms with E-state index in [1.165, 1.54) is 111 Å². The number of aromatic amines is 2. The maximum atomic E-state index is 4.44. The molecular weight excluding hydrogens is 444 g/mol. The molecule has 6 nitrogen and oxygen atoms in total. The molecule has 6 heteroatoms. The molecule has 0 atom stereocenters. The minimum atomic E-state index is 0.417. The third-order valence-corrected chi connectivity index (χ3v) is 8.55. The molecule has 0 amide bonds. The first-order valence-electron chi connectivity index (χ1n) is 14.1. The van der Waals surface area contributed by atoms with E-state index < -0.39 is 0 Å². The second kappa shape index (κ2) is 10.3. The molecule has 6 rings (SSSR count). The summed E-state index contributed by atoms with van der Waals surface area (Å²) in [6, 6.07) is 9.26. The van der Waals surface area contributed by atoms with Crippen molar-refractivity contribution < 1.29 is 0 Å². The molecule has 190 valence electrons. The van der Waals surface area contributed by atoms with Crippen molar-refractivity contribution in [1.82, 2.24) is 30.0 Å². The maximum Gasteiger partial charge on any atom is 0.155 e. The van der Waals surface area contributed by atoms with Gasteiger partial charge in [0.15, 0.2) is 5.65 Å². The van der Waals surface area contributed by atoms with Crippen LogP contribution in [0.15, 0.2) is 36.7 Å². The smallest absolute Gasteiger partial charge is 0.155 e. The quantitative estimate of drug-likeness (QED) is 0.338. The average Bonchev–Trinajstić information content (AvgIpc) is 3.44. The normalized spacial score (nSPS) is 19.0. The Hall–Kier alpha value is -2.70. The fourth-order valence-corrected chi connectivity index (χ4v) is 6.50. The summed E-state index contributed by atoms with van der Waals surface area (Å²) in [5.41, 5.74) is 7.34. The Morgan fingerprint density at radius 3 is 2.42 bits per heavy atom. The number of rotatable bonds is 6. The SMILES string of the molecule is CC(C)c1c(-c2ccnc3[nH]ncc23)[nH]c2ccc(C3CCN(CCN4CCCCCC4)CC3)cc12. The summed E-state index contributed by atoms with van der Waals surface area (Å²) in [5, 5.41) is 9.69. The van der Waals surface area contributed by atoms with Crippen LogP contribution in [0.4, 0.5) is 0 Å². The van der Waals surface area contributed by atoms with E-state index in [1.54, 1.807) is 0 Å². The van der Waals surface area contributed by atoms with Crippen LogP contribution in [-0.2, 0) is 0 Å². The molecule has 0 bridgehead atoms. The predicted octanol–water partition coefficient (Wildman–Crippen LogP) is 6.29. The molecule has 0 saturated carbocycles. The molecule has 2 saturated heterocycles. The number of H-pyrrole nitrogens is 2. The summed E-state index contributed by atoms with van der Waals surface area (Å²) in [7, 11) is 0. The number of hydrogen-bond donors (Lipinski definition) is 2. The zero-order chi connectivity index (χ0) is 24.5. The molecule has 0 spiro atoms. The van der Waals surface area contributed by atoms with E-state index in [9.17, 15) is 0 Å². The lowest BCUT2D eigenvalue weighted by molar-refractivity contribution is 0.175. The summed E-state index contributed by atoms with van der Waals surface area (Å²) in [6.45, 7) is 12.1. The second-order valence-electron chi connectivity index (χ2n) is 11.2. The van der Waals surface area contributed by atoms with E-state index >= 15 is 0 Å². The van der Waals surface area contributed by atoms with Crippen LogP contribution in [0.1, 0.15) is 75.3 Å². The predicted molar refractivity (Wildman–Crippen MR) is 149 cm³/mol. The number of likely N-dealkylation sites (tertiary alicyclic amines) is 2. The molecule has 2 aliphatic heterocycles. The van der Waals surface area contributed by atoms with E-state index in [4.69, 9.17) is 0 Å². The minimum Gasteiger partial charge on any atom is -0.354 e. The summed E-state index contributed by atoms with van der Waals surface area (Å²) < 4.78 is 0. The van der Waals surface area contributed by atoms with Gasteiger partial charge in [0.2, 0.25) is 0 Å². The number of fused-ring (bicyclic) bond motifs is 2. The molecule has 1 aromatic carbocycles. The Morgan fingerprint density at radius 2 is 1.67 bits per heavy atom. The van der Waals surface area contributed by atoms with Crippen LogP contribution >= 0.6 is 0 Å². The van der Waals surface area contributed by atoms with Gasteiger partial charge < -0.3 is 14.8 Å². The minimum absolute atomic E-state index is 0.417. The van der Waals surface area contributed by atoms with Gasteiger partial charge in [-0.05, 0) is 93.0 Å². The van der Waals surface area contributed by atoms with Crippen LogP contribution in [0, 0.1) is 0 Å². The third-order valence-electron chi connectivity index (χ3n) is 8.55. The molecule has 0 radical (unpaired) electrons. The van der Waals surface area contributed by atoms with Crippen LogP contribution in [0.25, 0.3) is 33.2 Å². The fourth-order valence-electron chi connectivity index (χ4n) is 6.50. The van der Waals surface area contributed by atoms with E-state index in [1.807, 2.05) is 12.4 Å². The number of nitrogens with zero attached hydrogens (tertiary/aromatic N) is 4. The van der Waals surface area contributed by atoms with Gasteiger partial charge in [0, 0.05) is 41.1 Å². The zero-order valence-corrected chi connectivity index (χ0v) is 21.9. The Bertz CT molecular complexity index is 1300. The van der Waals surface area contributed by atoms with Gasteiger partial charge in [-0.15, -0.1) is 0 Å². The van der Waals surface area contributed by atoms with Crippen LogP contribution in [0.3, 0.4) is 0 Å². The van der Waals surface area contributed by atoms with Crippen molar-refractivity contribution in [3.05, 3.63) is 47.8 Å². The third kappa shape index (κ3) is 4.69. The van der Waals surface area contributed by atoms with Gasteiger partial charge in [0.05, 0.1) is 11.9 Å². The van der Waals surface area contributed by atoms with Crippen LogP contribution < -0.4 is 0 Å². The zero-order valence-electron chi connectivity index (χ0n) is 21.9. The summed E-state index contributed by atoms with van der Waals surface area (Å²) in [5.74, 6) is 1.07. The van der Waals surface area contributed by atoms with E-state index in [2.05, 4.69) is 68.1 Å². The topological polar surface area (TPSA) is 63.8 Å². The number of nitrogens with one attached hydrogen (secondary N) is 2. The molecule has 3 aromatic heterocycles. The summed E-state index contributed by atoms with van der Waals surface area (Å²) in [6.07, 6.45) is 11.9. The van der Waals surface area contributed by atoms with Crippen molar-refractivity contribution in [1.29, 1.82) is 0 Å². The standard InChI is InChI=1S/C30H40N6/c1-21(2)28-25-19-23(22-10-15-36(16-11-22)18-17-35-13-5-3-4-6-14-35)7-8-27(25)33-29(28)24-9-12-31-30-26(24)20-32-34-30/h7-9,12,19-22,33H,3-6,10-11,13-18H2,1-2H3,(H,31,32,34). The molecule has 2 fully saturated rings. The van der Waals surface area contributed by atoms with Gasteiger partial charge in [-0.2, -0.15) is 5.10 Å². The molecule has 0 unspecified atom stereocenters. The highest BCUT2D eigenvalue weighted by atomic mass is 15.2. The van der Waals surface area contributed by atoms with Gasteiger partial charge in [-0.1, -0.05) is 32.8 Å². The van der Waals surface area contributed by atoms with E-state index in [-0.39, 0.29) is 0 Å². The van der Waals surface area contributed by atoms with Crippen molar-refractivity contribution in [3.63, 3.8) is 0 Å². The lowest BCUT2D eigenvalue weighted by Gasteiger charge is -2.33. The highest BCUT2D eigenvalue weighted by Gasteiger charge is 2.24. The summed E-state index contributed by atoms with van der Waals surface area (Å²) >= 11 is 0. The monoisotopic (exact) mass is 484 g/mol. The molecule has 2 aliphatic rings. The van der Waals surface area contributed by atoms with Crippen molar-refractivity contribution in [2.45, 2.75) is 64.2 Å². The van der Waals surface area contributed by atoms with E-state index in [0.717, 1.165) is 11.0 Å². The first-order chi connectivity index (χ1) is 17.7. The highest BCUT2D eigenvalue weighted by molar-refractivity contribution is 5.98. The summed E-state index contributed by atoms with van der Waals surface area (Å²) in [4.78, 5) is 13.6.